The van der Waals surface area contributed by atoms with Crippen LogP contribution in [0.5, 0.6) is 17.2 Å². The number of carbonyl (C=O) groups excluding carboxylic acids is 1. The van der Waals surface area contributed by atoms with Crippen LogP contribution in [0.4, 0.5) is 0 Å². The van der Waals surface area contributed by atoms with Gasteiger partial charge in [0.2, 0.25) is 5.91 Å². The minimum Gasteiger partial charge on any atom is -0.496 e. The fourth-order valence-corrected chi connectivity index (χ4v) is 3.80. The molecule has 3 rings (SSSR count). The Morgan fingerprint density at radius 1 is 1.03 bits per heavy atom. The molecule has 0 bridgehead atoms. The van der Waals surface area contributed by atoms with Gasteiger partial charge in [-0.05, 0) is 47.9 Å². The Kier molecular flexibility index (Phi) is 7.23. The van der Waals surface area contributed by atoms with Crippen LogP contribution in [0.3, 0.4) is 0 Å². The van der Waals surface area contributed by atoms with E-state index in [-0.39, 0.29) is 12.3 Å². The number of ether oxygens (including phenoxy) is 3. The summed E-state index contributed by atoms with van der Waals surface area (Å²) in [5, 5.41) is 3.58. The highest BCUT2D eigenvalue weighted by Crippen LogP contribution is 2.33. The van der Waals surface area contributed by atoms with Gasteiger partial charge in [0.1, 0.15) is 5.75 Å². The maximum atomic E-state index is 12.3. The van der Waals surface area contributed by atoms with E-state index in [2.05, 4.69) is 16.3 Å². The van der Waals surface area contributed by atoms with E-state index in [1.807, 2.05) is 6.07 Å². The third kappa shape index (κ3) is 5.34. The van der Waals surface area contributed by atoms with Gasteiger partial charge >= 0.3 is 0 Å². The van der Waals surface area contributed by atoms with Crippen molar-refractivity contribution in [1.29, 1.82) is 0 Å². The molecule has 0 aliphatic carbocycles. The molecule has 1 N–H and O–H groups in total. The van der Waals surface area contributed by atoms with E-state index in [1.54, 1.807) is 39.5 Å². The molecule has 0 atom stereocenters. The lowest BCUT2D eigenvalue weighted by Gasteiger charge is -2.29. The first-order chi connectivity index (χ1) is 14.0. The molecule has 1 aliphatic rings. The largest absolute Gasteiger partial charge is 0.496 e. The van der Waals surface area contributed by atoms with Crippen LogP contribution in [-0.4, -0.2) is 51.8 Å². The Morgan fingerprint density at radius 2 is 1.72 bits per heavy atom. The first-order valence-corrected chi connectivity index (χ1v) is 9.97. The summed E-state index contributed by atoms with van der Waals surface area (Å²) in [5.74, 6) is 2.14. The Bertz CT molecular complexity index is 872. The van der Waals surface area contributed by atoms with E-state index in [9.17, 15) is 4.79 Å². The van der Waals surface area contributed by atoms with E-state index in [0.29, 0.717) is 17.3 Å². The van der Waals surface area contributed by atoms with Gasteiger partial charge in [-0.1, -0.05) is 11.6 Å². The summed E-state index contributed by atoms with van der Waals surface area (Å²) in [6.45, 7) is 3.14. The molecule has 1 amide bonds. The number of hydrogen-bond acceptors (Lipinski definition) is 5. The van der Waals surface area contributed by atoms with Crippen LogP contribution >= 0.6 is 11.6 Å². The predicted octanol–water partition coefficient (Wildman–Crippen LogP) is 3.08. The van der Waals surface area contributed by atoms with Gasteiger partial charge in [-0.25, -0.2) is 0 Å². The molecule has 0 fully saturated rings. The number of nitrogens with zero attached hydrogens (tertiary/aromatic N) is 1. The highest BCUT2D eigenvalue weighted by Gasteiger charge is 2.19. The fourth-order valence-electron chi connectivity index (χ4n) is 3.61. The van der Waals surface area contributed by atoms with Gasteiger partial charge in [0, 0.05) is 36.8 Å². The summed E-state index contributed by atoms with van der Waals surface area (Å²) in [6.07, 6.45) is 1.19. The van der Waals surface area contributed by atoms with Gasteiger partial charge in [-0.15, -0.1) is 0 Å². The normalized spacial score (nSPS) is 13.5. The number of halogens is 1. The molecular formula is C22H27ClN2O4. The Morgan fingerprint density at radius 3 is 2.41 bits per heavy atom. The molecule has 0 radical (unpaired) electrons. The summed E-state index contributed by atoms with van der Waals surface area (Å²) in [6, 6.07) is 9.40. The summed E-state index contributed by atoms with van der Waals surface area (Å²) in [5.41, 5.74) is 3.31. The zero-order valence-electron chi connectivity index (χ0n) is 17.1. The second-order valence-electron chi connectivity index (χ2n) is 6.98. The minimum atomic E-state index is -0.0469. The molecule has 156 valence electrons. The molecule has 6 nitrogen and oxygen atoms in total. The van der Waals surface area contributed by atoms with E-state index in [4.69, 9.17) is 25.8 Å². The molecule has 7 heteroatoms. The number of benzene rings is 2. The number of carbonyl (C=O) groups is 1. The molecule has 0 saturated heterocycles. The highest BCUT2D eigenvalue weighted by molar-refractivity contribution is 6.30. The van der Waals surface area contributed by atoms with E-state index in [0.717, 1.165) is 43.1 Å². The summed E-state index contributed by atoms with van der Waals surface area (Å²) >= 11 is 6.03. The Hall–Kier alpha value is -2.44. The van der Waals surface area contributed by atoms with E-state index >= 15 is 0 Å². The third-order valence-corrected chi connectivity index (χ3v) is 5.38. The van der Waals surface area contributed by atoms with Gasteiger partial charge in [-0.2, -0.15) is 0 Å². The van der Waals surface area contributed by atoms with Crippen LogP contribution in [0, 0.1) is 0 Å². The highest BCUT2D eigenvalue weighted by atomic mass is 35.5. The molecule has 0 saturated carbocycles. The van der Waals surface area contributed by atoms with Crippen LogP contribution in [0.15, 0.2) is 30.3 Å². The molecule has 0 spiro atoms. The quantitative estimate of drug-likeness (QED) is 0.713. The molecule has 2 aromatic rings. The lowest BCUT2D eigenvalue weighted by atomic mass is 9.99. The van der Waals surface area contributed by atoms with E-state index < -0.39 is 0 Å². The van der Waals surface area contributed by atoms with Gasteiger partial charge in [-0.3, -0.25) is 9.69 Å². The van der Waals surface area contributed by atoms with Crippen molar-refractivity contribution in [2.45, 2.75) is 19.4 Å². The number of amides is 1. The Labute approximate surface area is 176 Å². The van der Waals surface area contributed by atoms with Crippen molar-refractivity contribution in [1.82, 2.24) is 10.2 Å². The standard InChI is InChI=1S/C22H27ClN2O4/c1-27-19-5-4-18(23)10-16(19)13-22(26)24-7-9-25-8-6-15-11-20(28-2)21(29-3)12-17(15)14-25/h4-5,10-12H,6-9,13-14H2,1-3H3,(H,24,26). The SMILES string of the molecule is COc1ccc(Cl)cc1CC(=O)NCCN1CCc2cc(OC)c(OC)cc2C1. The maximum absolute atomic E-state index is 12.3. The number of fused-ring (bicyclic) bond motifs is 1. The zero-order chi connectivity index (χ0) is 20.8. The van der Waals surface area contributed by atoms with Gasteiger partial charge in [0.25, 0.3) is 0 Å². The average molecular weight is 419 g/mol. The smallest absolute Gasteiger partial charge is 0.224 e. The van der Waals surface area contributed by atoms with Crippen LogP contribution in [-0.2, 0) is 24.2 Å². The molecule has 29 heavy (non-hydrogen) atoms. The van der Waals surface area contributed by atoms with E-state index in [1.165, 1.54) is 11.1 Å². The van der Waals surface area contributed by atoms with Crippen LogP contribution < -0.4 is 19.5 Å². The topological polar surface area (TPSA) is 60.0 Å². The first kappa shape index (κ1) is 21.3. The first-order valence-electron chi connectivity index (χ1n) is 9.59. The van der Waals surface area contributed by atoms with Gasteiger partial charge in [0.05, 0.1) is 27.8 Å². The summed E-state index contributed by atoms with van der Waals surface area (Å²) in [4.78, 5) is 14.7. The molecule has 1 heterocycles. The summed E-state index contributed by atoms with van der Waals surface area (Å²) < 4.78 is 16.1. The van der Waals surface area contributed by atoms with Crippen molar-refractivity contribution in [2.24, 2.45) is 0 Å². The lowest BCUT2D eigenvalue weighted by molar-refractivity contribution is -0.120. The van der Waals surface area contributed by atoms with Crippen molar-refractivity contribution >= 4 is 17.5 Å². The molecule has 0 unspecified atom stereocenters. The van der Waals surface area contributed by atoms with Crippen molar-refractivity contribution < 1.29 is 19.0 Å². The Balaban J connectivity index is 1.52. The zero-order valence-corrected chi connectivity index (χ0v) is 17.8. The molecular weight excluding hydrogens is 392 g/mol. The average Bonchev–Trinajstić information content (AvgIpc) is 2.72. The van der Waals surface area contributed by atoms with Crippen molar-refractivity contribution in [3.63, 3.8) is 0 Å². The number of nitrogens with one attached hydrogen (secondary N) is 1. The maximum Gasteiger partial charge on any atom is 0.224 e. The summed E-state index contributed by atoms with van der Waals surface area (Å²) in [7, 11) is 4.89. The second-order valence-corrected chi connectivity index (χ2v) is 7.42. The molecule has 0 aromatic heterocycles. The van der Waals surface area contributed by atoms with Gasteiger partial charge < -0.3 is 19.5 Å². The second kappa shape index (κ2) is 9.85. The number of methoxy groups -OCH3 is 3. The predicted molar refractivity (Wildman–Crippen MR) is 113 cm³/mol. The third-order valence-electron chi connectivity index (χ3n) is 5.14. The van der Waals surface area contributed by atoms with Gasteiger partial charge in [0.15, 0.2) is 11.5 Å². The van der Waals surface area contributed by atoms with Crippen molar-refractivity contribution in [3.8, 4) is 17.2 Å². The fraction of sp³-hybridized carbons (Fsp3) is 0.409. The number of rotatable bonds is 8. The monoisotopic (exact) mass is 418 g/mol. The van der Waals surface area contributed by atoms with Crippen LogP contribution in [0.2, 0.25) is 5.02 Å². The lowest BCUT2D eigenvalue weighted by Crippen LogP contribution is -2.38. The van der Waals surface area contributed by atoms with Crippen molar-refractivity contribution in [2.75, 3.05) is 41.0 Å². The van der Waals surface area contributed by atoms with Crippen molar-refractivity contribution in [3.05, 3.63) is 52.0 Å². The van der Waals surface area contributed by atoms with Crippen LogP contribution in [0.25, 0.3) is 0 Å². The number of hydrogen-bond donors (Lipinski definition) is 1. The molecule has 2 aromatic carbocycles. The minimum absolute atomic E-state index is 0.0469. The molecule has 1 aliphatic heterocycles. The van der Waals surface area contributed by atoms with Crippen LogP contribution in [0.1, 0.15) is 16.7 Å².